The van der Waals surface area contributed by atoms with Crippen molar-refractivity contribution in [1.82, 2.24) is 4.98 Å². The SMILES string of the molecule is Cc1cnc(NC(=O)c2cc(N)c(C)s2)s1. The predicted octanol–water partition coefficient (Wildman–Crippen LogP) is 2.66. The molecule has 1 amide bonds. The standard InChI is InChI=1S/C10H11N3OS2/c1-5-4-12-10(15-5)13-9(14)8-3-7(11)6(2)16-8/h3-4H,11H2,1-2H3,(H,12,13,14). The van der Waals surface area contributed by atoms with E-state index >= 15 is 0 Å². The maximum atomic E-state index is 11.8. The Labute approximate surface area is 101 Å². The van der Waals surface area contributed by atoms with Gasteiger partial charge in [0, 0.05) is 21.6 Å². The monoisotopic (exact) mass is 253 g/mol. The summed E-state index contributed by atoms with van der Waals surface area (Å²) in [5, 5.41) is 3.36. The Morgan fingerprint density at radius 2 is 2.19 bits per heavy atom. The molecule has 2 aromatic heterocycles. The molecular formula is C10H11N3OS2. The molecule has 0 atom stereocenters. The lowest BCUT2D eigenvalue weighted by Crippen LogP contribution is -2.09. The molecule has 84 valence electrons. The van der Waals surface area contributed by atoms with Crippen LogP contribution in [0.25, 0.3) is 0 Å². The van der Waals surface area contributed by atoms with Crippen molar-refractivity contribution in [1.29, 1.82) is 0 Å². The van der Waals surface area contributed by atoms with Gasteiger partial charge >= 0.3 is 0 Å². The Morgan fingerprint density at radius 1 is 1.44 bits per heavy atom. The van der Waals surface area contributed by atoms with E-state index in [1.807, 2.05) is 13.8 Å². The van der Waals surface area contributed by atoms with E-state index in [0.717, 1.165) is 9.75 Å². The average Bonchev–Trinajstić information content (AvgIpc) is 2.75. The molecule has 0 saturated carbocycles. The zero-order chi connectivity index (χ0) is 11.7. The second kappa shape index (κ2) is 4.23. The number of hydrogen-bond donors (Lipinski definition) is 2. The summed E-state index contributed by atoms with van der Waals surface area (Å²) in [4.78, 5) is 18.5. The zero-order valence-corrected chi connectivity index (χ0v) is 10.5. The first-order chi connectivity index (χ1) is 7.56. The topological polar surface area (TPSA) is 68.0 Å². The highest BCUT2D eigenvalue weighted by Gasteiger charge is 2.12. The molecule has 2 heterocycles. The van der Waals surface area contributed by atoms with Crippen molar-refractivity contribution in [2.24, 2.45) is 0 Å². The van der Waals surface area contributed by atoms with Gasteiger partial charge in [-0.15, -0.1) is 22.7 Å². The fourth-order valence-electron chi connectivity index (χ4n) is 1.18. The molecule has 0 unspecified atom stereocenters. The Kier molecular flexibility index (Phi) is 2.93. The highest BCUT2D eigenvalue weighted by atomic mass is 32.1. The van der Waals surface area contributed by atoms with Crippen LogP contribution < -0.4 is 11.1 Å². The number of aromatic nitrogens is 1. The molecule has 0 bridgehead atoms. The van der Waals surface area contributed by atoms with Crippen LogP contribution in [0, 0.1) is 13.8 Å². The van der Waals surface area contributed by atoms with Gasteiger partial charge in [0.2, 0.25) is 0 Å². The predicted molar refractivity (Wildman–Crippen MR) is 68.3 cm³/mol. The van der Waals surface area contributed by atoms with Crippen LogP contribution in [0.5, 0.6) is 0 Å². The Hall–Kier alpha value is -1.40. The molecule has 0 spiro atoms. The number of nitrogen functional groups attached to an aromatic ring is 1. The van der Waals surface area contributed by atoms with Gasteiger partial charge in [0.05, 0.1) is 4.88 Å². The van der Waals surface area contributed by atoms with Crippen LogP contribution in [0.15, 0.2) is 12.3 Å². The van der Waals surface area contributed by atoms with E-state index in [-0.39, 0.29) is 5.91 Å². The Balaban J connectivity index is 2.14. The van der Waals surface area contributed by atoms with Crippen molar-refractivity contribution in [3.05, 3.63) is 26.9 Å². The van der Waals surface area contributed by atoms with Crippen LogP contribution in [-0.4, -0.2) is 10.9 Å². The van der Waals surface area contributed by atoms with Gasteiger partial charge in [-0.3, -0.25) is 10.1 Å². The third-order valence-corrected chi connectivity index (χ3v) is 3.91. The largest absolute Gasteiger partial charge is 0.398 e. The van der Waals surface area contributed by atoms with Gasteiger partial charge in [-0.05, 0) is 19.9 Å². The number of carbonyl (C=O) groups is 1. The van der Waals surface area contributed by atoms with E-state index in [1.165, 1.54) is 22.7 Å². The maximum Gasteiger partial charge on any atom is 0.267 e. The van der Waals surface area contributed by atoms with Crippen molar-refractivity contribution >= 4 is 39.4 Å². The third kappa shape index (κ3) is 2.23. The fraction of sp³-hybridized carbons (Fsp3) is 0.200. The molecule has 3 N–H and O–H groups in total. The fourth-order valence-corrected chi connectivity index (χ4v) is 2.68. The molecule has 2 aromatic rings. The van der Waals surface area contributed by atoms with Gasteiger partial charge in [0.1, 0.15) is 0 Å². The lowest BCUT2D eigenvalue weighted by Gasteiger charge is -1.97. The minimum atomic E-state index is -0.154. The molecule has 6 heteroatoms. The van der Waals surface area contributed by atoms with E-state index in [0.29, 0.717) is 15.7 Å². The summed E-state index contributed by atoms with van der Waals surface area (Å²) in [5.74, 6) is -0.154. The van der Waals surface area contributed by atoms with Gasteiger partial charge in [0.25, 0.3) is 5.91 Å². The second-order valence-electron chi connectivity index (χ2n) is 3.35. The maximum absolute atomic E-state index is 11.8. The summed E-state index contributed by atoms with van der Waals surface area (Å²) in [7, 11) is 0. The molecule has 16 heavy (non-hydrogen) atoms. The van der Waals surface area contributed by atoms with E-state index < -0.39 is 0 Å². The number of hydrogen-bond acceptors (Lipinski definition) is 5. The molecule has 0 saturated heterocycles. The molecule has 0 aromatic carbocycles. The first-order valence-electron chi connectivity index (χ1n) is 4.66. The van der Waals surface area contributed by atoms with Crippen molar-refractivity contribution in [2.45, 2.75) is 13.8 Å². The summed E-state index contributed by atoms with van der Waals surface area (Å²) in [6, 6.07) is 1.69. The van der Waals surface area contributed by atoms with E-state index in [1.54, 1.807) is 12.3 Å². The number of nitrogens with one attached hydrogen (secondary N) is 1. The van der Waals surface area contributed by atoms with E-state index in [4.69, 9.17) is 5.73 Å². The summed E-state index contributed by atoms with van der Waals surface area (Å²) in [6.07, 6.45) is 1.73. The third-order valence-electron chi connectivity index (χ3n) is 2.02. The van der Waals surface area contributed by atoms with Crippen molar-refractivity contribution in [3.63, 3.8) is 0 Å². The summed E-state index contributed by atoms with van der Waals surface area (Å²) < 4.78 is 0. The zero-order valence-electron chi connectivity index (χ0n) is 8.90. The summed E-state index contributed by atoms with van der Waals surface area (Å²) >= 11 is 2.84. The van der Waals surface area contributed by atoms with Gasteiger partial charge in [-0.1, -0.05) is 0 Å². The van der Waals surface area contributed by atoms with E-state index in [9.17, 15) is 4.79 Å². The quantitative estimate of drug-likeness (QED) is 0.864. The number of rotatable bonds is 2. The van der Waals surface area contributed by atoms with Crippen LogP contribution in [-0.2, 0) is 0 Å². The highest BCUT2D eigenvalue weighted by molar-refractivity contribution is 7.16. The molecule has 2 rings (SSSR count). The number of anilines is 2. The summed E-state index contributed by atoms with van der Waals surface area (Å²) in [5.41, 5.74) is 6.35. The number of thiophene rings is 1. The van der Waals surface area contributed by atoms with Crippen LogP contribution in [0.4, 0.5) is 10.8 Å². The Morgan fingerprint density at radius 3 is 2.69 bits per heavy atom. The first kappa shape index (κ1) is 11.1. The normalized spacial score (nSPS) is 10.4. The smallest absolute Gasteiger partial charge is 0.267 e. The summed E-state index contributed by atoms with van der Waals surface area (Å²) in [6.45, 7) is 3.84. The molecule has 0 aliphatic heterocycles. The lowest BCUT2D eigenvalue weighted by molar-refractivity contribution is 0.103. The number of carbonyl (C=O) groups excluding carboxylic acids is 1. The number of nitrogens with two attached hydrogens (primary N) is 1. The van der Waals surface area contributed by atoms with Gasteiger partial charge in [-0.25, -0.2) is 4.98 Å². The molecule has 0 radical (unpaired) electrons. The first-order valence-corrected chi connectivity index (χ1v) is 6.29. The number of thiazole rings is 1. The molecule has 0 aliphatic carbocycles. The van der Waals surface area contributed by atoms with Crippen molar-refractivity contribution < 1.29 is 4.79 Å². The second-order valence-corrected chi connectivity index (χ2v) is 5.84. The van der Waals surface area contributed by atoms with Gasteiger partial charge < -0.3 is 5.73 Å². The minimum Gasteiger partial charge on any atom is -0.398 e. The van der Waals surface area contributed by atoms with Gasteiger partial charge in [-0.2, -0.15) is 0 Å². The van der Waals surface area contributed by atoms with Crippen LogP contribution in [0.2, 0.25) is 0 Å². The lowest BCUT2D eigenvalue weighted by atomic mass is 10.4. The average molecular weight is 253 g/mol. The number of amides is 1. The van der Waals surface area contributed by atoms with Crippen LogP contribution >= 0.6 is 22.7 Å². The Bertz CT molecular complexity index is 510. The molecule has 0 fully saturated rings. The van der Waals surface area contributed by atoms with Crippen LogP contribution in [0.3, 0.4) is 0 Å². The molecular weight excluding hydrogens is 242 g/mol. The highest BCUT2D eigenvalue weighted by Crippen LogP contribution is 2.25. The van der Waals surface area contributed by atoms with E-state index in [2.05, 4.69) is 10.3 Å². The molecule has 0 aliphatic rings. The van der Waals surface area contributed by atoms with Crippen molar-refractivity contribution in [2.75, 3.05) is 11.1 Å². The minimum absolute atomic E-state index is 0.154. The number of nitrogens with zero attached hydrogens (tertiary/aromatic N) is 1. The van der Waals surface area contributed by atoms with Crippen LogP contribution in [0.1, 0.15) is 19.4 Å². The van der Waals surface area contributed by atoms with Crippen molar-refractivity contribution in [3.8, 4) is 0 Å². The molecule has 4 nitrogen and oxygen atoms in total. The number of aryl methyl sites for hydroxylation is 2. The van der Waals surface area contributed by atoms with Gasteiger partial charge in [0.15, 0.2) is 5.13 Å².